The summed E-state index contributed by atoms with van der Waals surface area (Å²) in [4.78, 5) is 26.3. The average Bonchev–Trinajstić information content (AvgIpc) is 2.88. The molecule has 2 fully saturated rings. The average molecular weight is 286 g/mol. The maximum absolute atomic E-state index is 12.5. The minimum Gasteiger partial charge on any atom is -0.315 e. The fourth-order valence-electron chi connectivity index (χ4n) is 2.82. The van der Waals surface area contributed by atoms with Gasteiger partial charge in [-0.15, -0.1) is 0 Å². The normalized spacial score (nSPS) is 27.6. The largest absolute Gasteiger partial charge is 0.325 e. The zero-order valence-corrected chi connectivity index (χ0v) is 10.9. The Hall–Kier alpha value is -1.45. The molecule has 0 unspecified atom stereocenters. The zero-order valence-electron chi connectivity index (χ0n) is 10.0. The van der Waals surface area contributed by atoms with Gasteiger partial charge < -0.3 is 10.3 Å². The van der Waals surface area contributed by atoms with Crippen molar-refractivity contribution < 1.29 is 8.42 Å². The Morgan fingerprint density at radius 1 is 1.26 bits per heavy atom. The number of fused-ring (bicyclic) bond motifs is 1. The van der Waals surface area contributed by atoms with E-state index in [1.165, 1.54) is 4.31 Å². The van der Waals surface area contributed by atoms with E-state index in [-0.39, 0.29) is 6.04 Å². The first-order valence-corrected chi connectivity index (χ1v) is 7.49. The van der Waals surface area contributed by atoms with Gasteiger partial charge in [0.2, 0.25) is 10.0 Å². The highest BCUT2D eigenvalue weighted by molar-refractivity contribution is 7.89. The van der Waals surface area contributed by atoms with Crippen LogP contribution in [-0.2, 0) is 10.0 Å². The molecule has 8 nitrogen and oxygen atoms in total. The minimum absolute atomic E-state index is 0.101. The van der Waals surface area contributed by atoms with E-state index in [1.807, 2.05) is 4.98 Å². The molecule has 0 amide bonds. The molecule has 104 valence electrons. The zero-order chi connectivity index (χ0) is 13.6. The fraction of sp³-hybridized carbons (Fsp3) is 0.600. The second kappa shape index (κ2) is 4.29. The van der Waals surface area contributed by atoms with Gasteiger partial charge >= 0.3 is 5.69 Å². The van der Waals surface area contributed by atoms with Gasteiger partial charge in [0, 0.05) is 25.3 Å². The van der Waals surface area contributed by atoms with Crippen molar-refractivity contribution >= 4 is 10.0 Å². The van der Waals surface area contributed by atoms with Crippen molar-refractivity contribution in [2.45, 2.75) is 17.4 Å². The fourth-order valence-corrected chi connectivity index (χ4v) is 4.52. The van der Waals surface area contributed by atoms with E-state index in [4.69, 9.17) is 0 Å². The Labute approximate surface area is 108 Å². The molecule has 0 aliphatic carbocycles. The van der Waals surface area contributed by atoms with Crippen LogP contribution in [0.2, 0.25) is 0 Å². The van der Waals surface area contributed by atoms with Crippen LogP contribution in [0, 0.1) is 5.92 Å². The van der Waals surface area contributed by atoms with E-state index in [9.17, 15) is 18.0 Å². The van der Waals surface area contributed by atoms with Crippen LogP contribution in [0.5, 0.6) is 0 Å². The summed E-state index contributed by atoms with van der Waals surface area (Å²) in [6.45, 7) is 1.82. The van der Waals surface area contributed by atoms with Crippen molar-refractivity contribution in [2.24, 2.45) is 5.92 Å². The number of hydrogen-bond donors (Lipinski definition) is 3. The van der Waals surface area contributed by atoms with Gasteiger partial charge in [-0.1, -0.05) is 0 Å². The molecule has 9 heteroatoms. The molecular weight excluding hydrogens is 272 g/mol. The van der Waals surface area contributed by atoms with Crippen molar-refractivity contribution in [1.82, 2.24) is 19.6 Å². The summed E-state index contributed by atoms with van der Waals surface area (Å²) in [5, 5.41) is 3.15. The van der Waals surface area contributed by atoms with Crippen LogP contribution in [0.25, 0.3) is 0 Å². The molecule has 2 atom stereocenters. The third-order valence-corrected chi connectivity index (χ3v) is 5.70. The first kappa shape index (κ1) is 12.6. The molecule has 2 saturated heterocycles. The van der Waals surface area contributed by atoms with Crippen LogP contribution >= 0.6 is 0 Å². The predicted octanol–water partition coefficient (Wildman–Crippen LogP) is -1.95. The molecule has 3 N–H and O–H groups in total. The van der Waals surface area contributed by atoms with Gasteiger partial charge in [-0.3, -0.25) is 9.78 Å². The molecule has 2 aliphatic rings. The van der Waals surface area contributed by atoms with E-state index in [0.717, 1.165) is 19.2 Å². The summed E-state index contributed by atoms with van der Waals surface area (Å²) in [6.07, 6.45) is 1.75. The van der Waals surface area contributed by atoms with Crippen LogP contribution in [-0.4, -0.2) is 48.4 Å². The summed E-state index contributed by atoms with van der Waals surface area (Å²) in [5.74, 6) is 0.302. The van der Waals surface area contributed by atoms with Crippen molar-refractivity contribution in [3.63, 3.8) is 0 Å². The maximum Gasteiger partial charge on any atom is 0.325 e. The molecular formula is C10H14N4O4S. The molecule has 0 spiro atoms. The van der Waals surface area contributed by atoms with E-state index < -0.39 is 26.2 Å². The molecule has 0 aromatic carbocycles. The predicted molar refractivity (Wildman–Crippen MR) is 66.3 cm³/mol. The molecule has 0 bridgehead atoms. The minimum atomic E-state index is -3.86. The van der Waals surface area contributed by atoms with E-state index in [1.54, 1.807) is 0 Å². The lowest BCUT2D eigenvalue weighted by molar-refractivity contribution is 0.382. The van der Waals surface area contributed by atoms with Gasteiger partial charge in [0.15, 0.2) is 4.90 Å². The number of nitrogens with one attached hydrogen (secondary N) is 3. The Balaban J connectivity index is 2.03. The van der Waals surface area contributed by atoms with Crippen LogP contribution in [0.4, 0.5) is 0 Å². The lowest BCUT2D eigenvalue weighted by Crippen LogP contribution is -2.41. The van der Waals surface area contributed by atoms with Gasteiger partial charge in [-0.2, -0.15) is 4.31 Å². The number of sulfonamides is 1. The van der Waals surface area contributed by atoms with Crippen LogP contribution in [0.1, 0.15) is 6.42 Å². The molecule has 0 saturated carbocycles. The Bertz CT molecular complexity index is 707. The van der Waals surface area contributed by atoms with Crippen molar-refractivity contribution in [2.75, 3.05) is 19.6 Å². The number of aromatic nitrogens is 2. The lowest BCUT2D eigenvalue weighted by atomic mass is 10.1. The highest BCUT2D eigenvalue weighted by atomic mass is 32.2. The summed E-state index contributed by atoms with van der Waals surface area (Å²) in [5.41, 5.74) is -1.59. The number of H-pyrrole nitrogens is 2. The van der Waals surface area contributed by atoms with Gasteiger partial charge in [0.1, 0.15) is 0 Å². The summed E-state index contributed by atoms with van der Waals surface area (Å²) < 4.78 is 26.3. The topological polar surface area (TPSA) is 115 Å². The molecule has 19 heavy (non-hydrogen) atoms. The molecule has 3 rings (SSSR count). The molecule has 1 aromatic heterocycles. The second-order valence-electron chi connectivity index (χ2n) is 4.83. The number of hydrogen-bond acceptors (Lipinski definition) is 5. The maximum atomic E-state index is 12.5. The van der Waals surface area contributed by atoms with Crippen LogP contribution in [0.3, 0.4) is 0 Å². The Kier molecular flexibility index (Phi) is 2.84. The number of aromatic amines is 2. The monoisotopic (exact) mass is 286 g/mol. The summed E-state index contributed by atoms with van der Waals surface area (Å²) in [6, 6.07) is -0.101. The highest BCUT2D eigenvalue weighted by Gasteiger charge is 2.44. The van der Waals surface area contributed by atoms with Gasteiger partial charge in [-0.05, 0) is 18.9 Å². The third-order valence-electron chi connectivity index (χ3n) is 3.77. The van der Waals surface area contributed by atoms with Gasteiger partial charge in [0.25, 0.3) is 5.56 Å². The SMILES string of the molecule is O=c1[nH]cc(S(=O)(=O)N2CC[C@H]3CNC[C@H]32)c(=O)[nH]1. The first-order valence-electron chi connectivity index (χ1n) is 6.05. The molecule has 0 radical (unpaired) electrons. The molecule has 2 aliphatic heterocycles. The van der Waals surface area contributed by atoms with Crippen LogP contribution in [0.15, 0.2) is 20.7 Å². The third kappa shape index (κ3) is 1.94. The Morgan fingerprint density at radius 2 is 2.05 bits per heavy atom. The van der Waals surface area contributed by atoms with E-state index in [0.29, 0.717) is 19.0 Å². The number of nitrogens with zero attached hydrogens (tertiary/aromatic N) is 1. The lowest BCUT2D eigenvalue weighted by Gasteiger charge is -2.22. The standard InChI is InChI=1S/C10H14N4O4S/c15-9-8(5-12-10(16)13-9)19(17,18)14-2-1-6-3-11-4-7(6)14/h5-7,11H,1-4H2,(H2,12,13,15,16)/t6-,7+/m0/s1. The first-order chi connectivity index (χ1) is 9.00. The van der Waals surface area contributed by atoms with Gasteiger partial charge in [-0.25, -0.2) is 13.2 Å². The quantitative estimate of drug-likeness (QED) is 0.584. The second-order valence-corrected chi connectivity index (χ2v) is 6.69. The van der Waals surface area contributed by atoms with E-state index in [2.05, 4.69) is 10.3 Å². The molecule has 3 heterocycles. The summed E-state index contributed by atoms with van der Waals surface area (Å²) >= 11 is 0. The number of rotatable bonds is 2. The Morgan fingerprint density at radius 3 is 2.79 bits per heavy atom. The van der Waals surface area contributed by atoms with Crippen LogP contribution < -0.4 is 16.6 Å². The van der Waals surface area contributed by atoms with Crippen molar-refractivity contribution in [3.05, 3.63) is 27.0 Å². The van der Waals surface area contributed by atoms with E-state index >= 15 is 0 Å². The van der Waals surface area contributed by atoms with Crippen molar-refractivity contribution in [3.8, 4) is 0 Å². The van der Waals surface area contributed by atoms with Gasteiger partial charge in [0.05, 0.1) is 0 Å². The summed E-state index contributed by atoms with van der Waals surface area (Å²) in [7, 11) is -3.86. The smallest absolute Gasteiger partial charge is 0.315 e. The van der Waals surface area contributed by atoms with Crippen molar-refractivity contribution in [1.29, 1.82) is 0 Å². The highest BCUT2D eigenvalue weighted by Crippen LogP contribution is 2.31. The molecule has 1 aromatic rings.